The lowest BCUT2D eigenvalue weighted by molar-refractivity contribution is -0.122. The van der Waals surface area contributed by atoms with Crippen molar-refractivity contribution in [3.05, 3.63) is 33.7 Å². The molecule has 0 bridgehead atoms. The maximum absolute atomic E-state index is 12.8. The van der Waals surface area contributed by atoms with Crippen LogP contribution in [0.1, 0.15) is 36.3 Å². The summed E-state index contributed by atoms with van der Waals surface area (Å²) >= 11 is 8.04. The van der Waals surface area contributed by atoms with Crippen LogP contribution in [0, 0.1) is 6.92 Å². The number of nitrogens with one attached hydrogen (secondary N) is 1. The van der Waals surface area contributed by atoms with E-state index in [1.54, 1.807) is 31.3 Å². The zero-order chi connectivity index (χ0) is 23.1. The smallest absolute Gasteiger partial charge is 0.266 e. The van der Waals surface area contributed by atoms with E-state index in [0.29, 0.717) is 38.8 Å². The summed E-state index contributed by atoms with van der Waals surface area (Å²) in [4.78, 5) is 27.0. The number of nitrogens with zero attached hydrogens (tertiary/aromatic N) is 3. The van der Waals surface area contributed by atoms with E-state index in [4.69, 9.17) is 21.7 Å². The minimum atomic E-state index is -0.0980. The molecule has 1 aromatic heterocycles. The van der Waals surface area contributed by atoms with E-state index < -0.39 is 0 Å². The Hall–Kier alpha value is -2.50. The normalized spacial score (nSPS) is 14.8. The first-order valence-corrected chi connectivity index (χ1v) is 12.0. The lowest BCUT2D eigenvalue weighted by Gasteiger charge is -2.14. The average molecular weight is 493 g/mol. The SMILES string of the molecule is COc1ccc(C=C2SC(=S)N(CCCCCC(=O)Nc3nnc(C)s3)C2=O)cc1OC. The second-order valence-electron chi connectivity index (χ2n) is 6.93. The molecule has 2 amide bonds. The zero-order valence-electron chi connectivity index (χ0n) is 18.0. The van der Waals surface area contributed by atoms with Crippen molar-refractivity contribution in [1.29, 1.82) is 0 Å². The number of amides is 2. The van der Waals surface area contributed by atoms with Crippen molar-refractivity contribution in [2.45, 2.75) is 32.6 Å². The van der Waals surface area contributed by atoms with Crippen LogP contribution >= 0.6 is 35.3 Å². The van der Waals surface area contributed by atoms with E-state index >= 15 is 0 Å². The molecule has 2 heterocycles. The van der Waals surface area contributed by atoms with Crippen LogP contribution in [0.15, 0.2) is 23.1 Å². The van der Waals surface area contributed by atoms with Gasteiger partial charge in [0.1, 0.15) is 9.33 Å². The maximum Gasteiger partial charge on any atom is 0.266 e. The highest BCUT2D eigenvalue weighted by molar-refractivity contribution is 8.26. The summed E-state index contributed by atoms with van der Waals surface area (Å²) in [6.07, 6.45) is 4.51. The third-order valence-electron chi connectivity index (χ3n) is 4.64. The van der Waals surface area contributed by atoms with Crippen molar-refractivity contribution in [1.82, 2.24) is 15.1 Å². The lowest BCUT2D eigenvalue weighted by atomic mass is 10.1. The van der Waals surface area contributed by atoms with E-state index in [1.165, 1.54) is 23.1 Å². The molecule has 170 valence electrons. The number of hydrogen-bond donors (Lipinski definition) is 1. The molecular weight excluding hydrogens is 468 g/mol. The van der Waals surface area contributed by atoms with Crippen LogP contribution in [0.5, 0.6) is 11.5 Å². The van der Waals surface area contributed by atoms with Gasteiger partial charge in [-0.15, -0.1) is 10.2 Å². The van der Waals surface area contributed by atoms with E-state index in [1.807, 2.05) is 19.1 Å². The van der Waals surface area contributed by atoms with Gasteiger partial charge in [-0.1, -0.05) is 47.8 Å². The monoisotopic (exact) mass is 492 g/mol. The molecule has 0 aliphatic carbocycles. The van der Waals surface area contributed by atoms with Crippen LogP contribution in [0.2, 0.25) is 0 Å². The summed E-state index contributed by atoms with van der Waals surface area (Å²) in [6, 6.07) is 5.48. The van der Waals surface area contributed by atoms with Crippen LogP contribution in [-0.4, -0.2) is 52.0 Å². The van der Waals surface area contributed by atoms with Crippen molar-refractivity contribution < 1.29 is 19.1 Å². The molecule has 1 aliphatic heterocycles. The predicted molar refractivity (Wildman–Crippen MR) is 131 cm³/mol. The fourth-order valence-electron chi connectivity index (χ4n) is 3.05. The van der Waals surface area contributed by atoms with E-state index in [0.717, 1.165) is 29.8 Å². The first kappa shape index (κ1) is 24.1. The number of anilines is 1. The van der Waals surface area contributed by atoms with Crippen molar-refractivity contribution in [3.8, 4) is 11.5 Å². The van der Waals surface area contributed by atoms with Gasteiger partial charge >= 0.3 is 0 Å². The van der Waals surface area contributed by atoms with Gasteiger partial charge in [0.15, 0.2) is 11.5 Å². The Labute approximate surface area is 200 Å². The van der Waals surface area contributed by atoms with Crippen molar-refractivity contribution >= 4 is 62.7 Å². The Morgan fingerprint density at radius 2 is 1.97 bits per heavy atom. The molecule has 0 unspecified atom stereocenters. The molecule has 1 aliphatic rings. The molecule has 2 aromatic rings. The number of ether oxygens (including phenoxy) is 2. The van der Waals surface area contributed by atoms with Gasteiger partial charge in [0.05, 0.1) is 19.1 Å². The fourth-order valence-corrected chi connectivity index (χ4v) is 4.96. The molecule has 0 saturated carbocycles. The first-order valence-electron chi connectivity index (χ1n) is 9.98. The number of methoxy groups -OCH3 is 2. The highest BCUT2D eigenvalue weighted by Crippen LogP contribution is 2.34. The van der Waals surface area contributed by atoms with Gasteiger partial charge < -0.3 is 14.8 Å². The largest absolute Gasteiger partial charge is 0.493 e. The second-order valence-corrected chi connectivity index (χ2v) is 9.79. The van der Waals surface area contributed by atoms with Crippen LogP contribution in [0.4, 0.5) is 5.13 Å². The maximum atomic E-state index is 12.8. The Bertz CT molecular complexity index is 1040. The van der Waals surface area contributed by atoms with Gasteiger partial charge in [-0.2, -0.15) is 0 Å². The lowest BCUT2D eigenvalue weighted by Crippen LogP contribution is -2.29. The minimum Gasteiger partial charge on any atom is -0.493 e. The van der Waals surface area contributed by atoms with Crippen LogP contribution in [0.25, 0.3) is 6.08 Å². The number of hydrogen-bond acceptors (Lipinski definition) is 9. The van der Waals surface area contributed by atoms with Gasteiger partial charge in [-0.25, -0.2) is 0 Å². The summed E-state index contributed by atoms with van der Waals surface area (Å²) in [5, 5.41) is 11.8. The highest BCUT2D eigenvalue weighted by atomic mass is 32.2. The molecule has 8 nitrogen and oxygen atoms in total. The highest BCUT2D eigenvalue weighted by Gasteiger charge is 2.31. The molecule has 11 heteroatoms. The van der Waals surface area contributed by atoms with Crippen LogP contribution < -0.4 is 14.8 Å². The zero-order valence-corrected chi connectivity index (χ0v) is 20.5. The Balaban J connectivity index is 1.46. The first-order chi connectivity index (χ1) is 15.4. The third kappa shape index (κ3) is 6.27. The van der Waals surface area contributed by atoms with Crippen LogP contribution in [-0.2, 0) is 9.59 Å². The summed E-state index contributed by atoms with van der Waals surface area (Å²) in [5.74, 6) is 1.05. The summed E-state index contributed by atoms with van der Waals surface area (Å²) < 4.78 is 11.1. The van der Waals surface area contributed by atoms with Crippen molar-refractivity contribution in [2.75, 3.05) is 26.1 Å². The van der Waals surface area contributed by atoms with Crippen LogP contribution in [0.3, 0.4) is 0 Å². The van der Waals surface area contributed by atoms with Gasteiger partial charge in [0.2, 0.25) is 11.0 Å². The number of unbranched alkanes of at least 4 members (excludes halogenated alkanes) is 2. The van der Waals surface area contributed by atoms with Gasteiger partial charge in [0.25, 0.3) is 5.91 Å². The number of thioether (sulfide) groups is 1. The number of aromatic nitrogens is 2. The van der Waals surface area contributed by atoms with E-state index in [-0.39, 0.29) is 11.8 Å². The summed E-state index contributed by atoms with van der Waals surface area (Å²) in [7, 11) is 3.15. The molecule has 0 spiro atoms. The standard InChI is InChI=1S/C21H24N4O4S3/c1-13-23-24-20(31-13)22-18(26)7-5-4-6-10-25-19(27)17(32-21(25)30)12-14-8-9-15(28-2)16(11-14)29-3/h8-9,11-12H,4-7,10H2,1-3H3,(H,22,24,26). The van der Waals surface area contributed by atoms with E-state index in [9.17, 15) is 9.59 Å². The molecule has 0 atom stereocenters. The Morgan fingerprint density at radius 3 is 2.66 bits per heavy atom. The minimum absolute atomic E-state index is 0.0791. The molecule has 1 saturated heterocycles. The molecule has 0 radical (unpaired) electrons. The Kier molecular flexibility index (Phi) is 8.60. The molecule has 3 rings (SSSR count). The number of rotatable bonds is 10. The van der Waals surface area contributed by atoms with Crippen molar-refractivity contribution in [2.24, 2.45) is 0 Å². The third-order valence-corrected chi connectivity index (χ3v) is 6.77. The van der Waals surface area contributed by atoms with Gasteiger partial charge in [-0.3, -0.25) is 14.5 Å². The predicted octanol–water partition coefficient (Wildman–Crippen LogP) is 4.26. The van der Waals surface area contributed by atoms with E-state index in [2.05, 4.69) is 15.5 Å². The summed E-state index contributed by atoms with van der Waals surface area (Å²) in [6.45, 7) is 2.37. The summed E-state index contributed by atoms with van der Waals surface area (Å²) in [5.41, 5.74) is 0.833. The molecular formula is C21H24N4O4S3. The van der Waals surface area contributed by atoms with Gasteiger partial charge in [-0.05, 0) is 43.5 Å². The number of aryl methyl sites for hydroxylation is 1. The molecule has 1 aromatic carbocycles. The Morgan fingerprint density at radius 1 is 1.19 bits per heavy atom. The molecule has 1 fully saturated rings. The number of thiocarbonyl (C=S) groups is 1. The molecule has 1 N–H and O–H groups in total. The number of carbonyl (C=O) groups is 2. The number of carbonyl (C=O) groups excluding carboxylic acids is 2. The molecule has 32 heavy (non-hydrogen) atoms. The van der Waals surface area contributed by atoms with Crippen molar-refractivity contribution in [3.63, 3.8) is 0 Å². The number of benzene rings is 1. The fraction of sp³-hybridized carbons (Fsp3) is 0.381. The van der Waals surface area contributed by atoms with Gasteiger partial charge in [0, 0.05) is 13.0 Å². The average Bonchev–Trinajstić information content (AvgIpc) is 3.30. The quantitative estimate of drug-likeness (QED) is 0.299. The topological polar surface area (TPSA) is 93.6 Å². The second kappa shape index (κ2) is 11.4.